The van der Waals surface area contributed by atoms with Gasteiger partial charge in [0.1, 0.15) is 17.0 Å². The maximum atomic E-state index is 12.7. The number of thioether (sulfide) groups is 1. The molecule has 1 fully saturated rings. The van der Waals surface area contributed by atoms with E-state index in [9.17, 15) is 9.59 Å². The van der Waals surface area contributed by atoms with E-state index in [1.165, 1.54) is 11.0 Å². The van der Waals surface area contributed by atoms with Crippen LogP contribution >= 0.6 is 23.4 Å². The average Bonchev–Trinajstić information content (AvgIpc) is 2.93. The molecule has 0 aromatic carbocycles. The van der Waals surface area contributed by atoms with E-state index < -0.39 is 6.04 Å². The molecule has 0 saturated carbocycles. The van der Waals surface area contributed by atoms with Crippen LogP contribution in [0.1, 0.15) is 10.4 Å². The molecule has 2 rings (SSSR count). The lowest BCUT2D eigenvalue weighted by Crippen LogP contribution is -2.46. The van der Waals surface area contributed by atoms with Crippen molar-refractivity contribution in [3.05, 3.63) is 22.8 Å². The van der Waals surface area contributed by atoms with Crippen molar-refractivity contribution < 1.29 is 9.59 Å². The van der Waals surface area contributed by atoms with Gasteiger partial charge in [-0.05, 0) is 12.1 Å². The first-order valence-corrected chi connectivity index (χ1v) is 8.29. The summed E-state index contributed by atoms with van der Waals surface area (Å²) in [7, 11) is 7.05. The molecule has 1 aliphatic heterocycles. The summed E-state index contributed by atoms with van der Waals surface area (Å²) in [4.78, 5) is 34.0. The fourth-order valence-electron chi connectivity index (χ4n) is 2.15. The normalized spacial score (nSPS) is 17.5. The van der Waals surface area contributed by atoms with Crippen molar-refractivity contribution in [2.24, 2.45) is 0 Å². The highest BCUT2D eigenvalue weighted by atomic mass is 35.5. The number of amides is 2. The van der Waals surface area contributed by atoms with Crippen molar-refractivity contribution in [1.82, 2.24) is 14.8 Å². The molecule has 1 aromatic rings. The number of hydrogen-bond acceptors (Lipinski definition) is 5. The SMILES string of the molecule is CN(C)C(=O)C1CSCN1C(=O)c1cc(Cl)nc(N(C)C)c1. The molecule has 22 heavy (non-hydrogen) atoms. The molecule has 6 nitrogen and oxygen atoms in total. The third-order valence-electron chi connectivity index (χ3n) is 3.35. The Kier molecular flexibility index (Phi) is 5.18. The standard InChI is InChI=1S/C14H19ClN4O2S/c1-17(2)12-6-9(5-11(15)16-12)13(20)19-8-22-7-10(19)14(21)18(3)4/h5-6,10H,7-8H2,1-4H3. The number of aromatic nitrogens is 1. The molecular formula is C14H19ClN4O2S. The number of hydrogen-bond donors (Lipinski definition) is 0. The van der Waals surface area contributed by atoms with Gasteiger partial charge in [-0.25, -0.2) is 4.98 Å². The third-order valence-corrected chi connectivity index (χ3v) is 4.56. The highest BCUT2D eigenvalue weighted by Crippen LogP contribution is 2.26. The summed E-state index contributed by atoms with van der Waals surface area (Å²) in [6.45, 7) is 0. The molecule has 0 N–H and O–H groups in total. The van der Waals surface area contributed by atoms with Gasteiger partial charge in [0.2, 0.25) is 5.91 Å². The van der Waals surface area contributed by atoms with Crippen LogP contribution in [0.3, 0.4) is 0 Å². The molecule has 1 aromatic heterocycles. The van der Waals surface area contributed by atoms with Gasteiger partial charge in [0.25, 0.3) is 5.91 Å². The second-order valence-electron chi connectivity index (χ2n) is 5.45. The zero-order chi connectivity index (χ0) is 16.4. The Hall–Kier alpha value is -1.47. The van der Waals surface area contributed by atoms with Gasteiger partial charge in [-0.15, -0.1) is 11.8 Å². The summed E-state index contributed by atoms with van der Waals surface area (Å²) in [5.74, 6) is 1.46. The minimum absolute atomic E-state index is 0.0636. The number of anilines is 1. The van der Waals surface area contributed by atoms with Gasteiger partial charge >= 0.3 is 0 Å². The van der Waals surface area contributed by atoms with Crippen LogP contribution in [-0.4, -0.2) is 72.5 Å². The number of carbonyl (C=O) groups excluding carboxylic acids is 2. The van der Waals surface area contributed by atoms with Crippen LogP contribution in [-0.2, 0) is 4.79 Å². The third kappa shape index (κ3) is 3.47. The van der Waals surface area contributed by atoms with Gasteiger partial charge in [0.15, 0.2) is 0 Å². The monoisotopic (exact) mass is 342 g/mol. The number of halogens is 1. The molecule has 2 amide bonds. The number of rotatable bonds is 3. The van der Waals surface area contributed by atoms with E-state index >= 15 is 0 Å². The molecule has 0 spiro atoms. The van der Waals surface area contributed by atoms with Crippen LogP contribution in [0.2, 0.25) is 5.15 Å². The summed E-state index contributed by atoms with van der Waals surface area (Å²) in [5.41, 5.74) is 0.447. The fourth-order valence-corrected chi connectivity index (χ4v) is 3.50. The Morgan fingerprint density at radius 2 is 2.00 bits per heavy atom. The Bertz CT molecular complexity index is 594. The van der Waals surface area contributed by atoms with E-state index in [1.54, 1.807) is 41.7 Å². The number of carbonyl (C=O) groups is 2. The molecule has 2 heterocycles. The van der Waals surface area contributed by atoms with E-state index in [2.05, 4.69) is 4.98 Å². The van der Waals surface area contributed by atoms with Crippen molar-refractivity contribution in [2.75, 3.05) is 44.7 Å². The Morgan fingerprint density at radius 3 is 2.59 bits per heavy atom. The first-order valence-electron chi connectivity index (χ1n) is 6.76. The van der Waals surface area contributed by atoms with Gasteiger partial charge in [0.05, 0.1) is 5.88 Å². The van der Waals surface area contributed by atoms with Crippen LogP contribution in [0.5, 0.6) is 0 Å². The van der Waals surface area contributed by atoms with Gasteiger partial charge in [-0.1, -0.05) is 11.6 Å². The zero-order valence-electron chi connectivity index (χ0n) is 13.0. The Morgan fingerprint density at radius 1 is 1.32 bits per heavy atom. The van der Waals surface area contributed by atoms with Crippen molar-refractivity contribution >= 4 is 41.0 Å². The highest BCUT2D eigenvalue weighted by molar-refractivity contribution is 7.99. The molecule has 120 valence electrons. The summed E-state index contributed by atoms with van der Waals surface area (Å²) in [6.07, 6.45) is 0. The summed E-state index contributed by atoms with van der Waals surface area (Å²) in [5, 5.41) is 0.261. The van der Waals surface area contributed by atoms with Crippen LogP contribution in [0.4, 0.5) is 5.82 Å². The predicted molar refractivity (Wildman–Crippen MR) is 89.6 cm³/mol. The van der Waals surface area contributed by atoms with Crippen molar-refractivity contribution in [2.45, 2.75) is 6.04 Å². The molecule has 1 atom stereocenters. The summed E-state index contributed by atoms with van der Waals surface area (Å²) in [6, 6.07) is 2.80. The van der Waals surface area contributed by atoms with E-state index in [1.807, 2.05) is 14.1 Å². The minimum Gasteiger partial charge on any atom is -0.363 e. The van der Waals surface area contributed by atoms with Gasteiger partial charge in [-0.2, -0.15) is 0 Å². The van der Waals surface area contributed by atoms with Crippen molar-refractivity contribution in [3.63, 3.8) is 0 Å². The fraction of sp³-hybridized carbons (Fsp3) is 0.500. The molecule has 8 heteroatoms. The molecule has 0 bridgehead atoms. The van der Waals surface area contributed by atoms with E-state index in [4.69, 9.17) is 11.6 Å². The molecule has 1 aliphatic rings. The second kappa shape index (κ2) is 6.75. The number of pyridine rings is 1. The van der Waals surface area contributed by atoms with Crippen LogP contribution in [0, 0.1) is 0 Å². The van der Waals surface area contributed by atoms with E-state index in [0.29, 0.717) is 23.0 Å². The largest absolute Gasteiger partial charge is 0.363 e. The lowest BCUT2D eigenvalue weighted by molar-refractivity contribution is -0.132. The topological polar surface area (TPSA) is 56.8 Å². The van der Waals surface area contributed by atoms with Gasteiger partial charge in [0, 0.05) is 39.5 Å². The summed E-state index contributed by atoms with van der Waals surface area (Å²) >= 11 is 7.58. The van der Waals surface area contributed by atoms with Crippen LogP contribution in [0.25, 0.3) is 0 Å². The lowest BCUT2D eigenvalue weighted by atomic mass is 10.2. The molecule has 0 radical (unpaired) electrons. The minimum atomic E-state index is -0.428. The lowest BCUT2D eigenvalue weighted by Gasteiger charge is -2.25. The zero-order valence-corrected chi connectivity index (χ0v) is 14.6. The van der Waals surface area contributed by atoms with E-state index in [0.717, 1.165) is 0 Å². The van der Waals surface area contributed by atoms with Crippen LogP contribution < -0.4 is 4.90 Å². The molecular weight excluding hydrogens is 324 g/mol. The number of nitrogens with zero attached hydrogens (tertiary/aromatic N) is 4. The average molecular weight is 343 g/mol. The van der Waals surface area contributed by atoms with Crippen LogP contribution in [0.15, 0.2) is 12.1 Å². The van der Waals surface area contributed by atoms with Gasteiger partial charge in [-0.3, -0.25) is 9.59 Å². The quantitative estimate of drug-likeness (QED) is 0.777. The van der Waals surface area contributed by atoms with Crippen molar-refractivity contribution in [3.8, 4) is 0 Å². The smallest absolute Gasteiger partial charge is 0.255 e. The molecule has 1 unspecified atom stereocenters. The second-order valence-corrected chi connectivity index (χ2v) is 6.84. The maximum Gasteiger partial charge on any atom is 0.255 e. The first kappa shape index (κ1) is 16.9. The predicted octanol–water partition coefficient (Wildman–Crippen LogP) is 1.40. The Labute approximate surface area is 139 Å². The molecule has 0 aliphatic carbocycles. The highest BCUT2D eigenvalue weighted by Gasteiger charge is 2.36. The van der Waals surface area contributed by atoms with E-state index in [-0.39, 0.29) is 17.0 Å². The molecule has 1 saturated heterocycles. The van der Waals surface area contributed by atoms with Crippen molar-refractivity contribution in [1.29, 1.82) is 0 Å². The maximum absolute atomic E-state index is 12.7. The Balaban J connectivity index is 2.29. The van der Waals surface area contributed by atoms with Gasteiger partial charge < -0.3 is 14.7 Å². The summed E-state index contributed by atoms with van der Waals surface area (Å²) < 4.78 is 0. The number of likely N-dealkylation sites (N-methyl/N-ethyl adjacent to an activating group) is 1. The first-order chi connectivity index (χ1) is 10.3.